The molecule has 0 spiro atoms. The Hall–Kier alpha value is -1.48. The number of nitrogens with zero attached hydrogens (tertiary/aromatic N) is 2. The van der Waals surface area contributed by atoms with E-state index in [4.69, 9.17) is 0 Å². The standard InChI is InChI=1S/C11H10N2S/c1-8(2)10-7-13-11(14-10)9-5-3-4-6-12-9/h3-7H,1H2,2H3. The fraction of sp³-hybridized carbons (Fsp3) is 0.0909. The smallest absolute Gasteiger partial charge is 0.142 e. The van der Waals surface area contributed by atoms with E-state index in [0.717, 1.165) is 21.2 Å². The molecule has 0 bridgehead atoms. The van der Waals surface area contributed by atoms with E-state index < -0.39 is 0 Å². The van der Waals surface area contributed by atoms with Crippen molar-refractivity contribution in [1.29, 1.82) is 0 Å². The zero-order valence-electron chi connectivity index (χ0n) is 7.90. The van der Waals surface area contributed by atoms with Crippen LogP contribution in [-0.2, 0) is 0 Å². The molecule has 0 aliphatic rings. The number of thiazole rings is 1. The number of hydrogen-bond donors (Lipinski definition) is 0. The number of rotatable bonds is 2. The summed E-state index contributed by atoms with van der Waals surface area (Å²) >= 11 is 1.62. The minimum absolute atomic E-state index is 0.921. The summed E-state index contributed by atoms with van der Waals surface area (Å²) in [5.74, 6) is 0. The number of allylic oxidation sites excluding steroid dienone is 1. The van der Waals surface area contributed by atoms with E-state index in [1.807, 2.05) is 31.3 Å². The first kappa shape index (κ1) is 9.09. The summed E-state index contributed by atoms with van der Waals surface area (Å²) in [5, 5.41) is 0.948. The molecule has 3 heteroatoms. The van der Waals surface area contributed by atoms with Crippen molar-refractivity contribution < 1.29 is 0 Å². The molecule has 70 valence electrons. The summed E-state index contributed by atoms with van der Waals surface area (Å²) in [7, 11) is 0. The fourth-order valence-electron chi connectivity index (χ4n) is 1.08. The molecule has 0 aromatic carbocycles. The number of hydrogen-bond acceptors (Lipinski definition) is 3. The van der Waals surface area contributed by atoms with Gasteiger partial charge in [-0.2, -0.15) is 0 Å². The lowest BCUT2D eigenvalue weighted by molar-refractivity contribution is 1.29. The normalized spacial score (nSPS) is 10.1. The van der Waals surface area contributed by atoms with Crippen LogP contribution in [0.15, 0.2) is 37.2 Å². The molecule has 2 rings (SSSR count). The molecule has 0 radical (unpaired) electrons. The van der Waals surface area contributed by atoms with Gasteiger partial charge in [0.15, 0.2) is 0 Å². The van der Waals surface area contributed by atoms with E-state index in [9.17, 15) is 0 Å². The van der Waals surface area contributed by atoms with Gasteiger partial charge in [0.1, 0.15) is 5.01 Å². The quantitative estimate of drug-likeness (QED) is 0.747. The van der Waals surface area contributed by atoms with E-state index >= 15 is 0 Å². The first-order valence-electron chi connectivity index (χ1n) is 4.30. The average Bonchev–Trinajstić information content (AvgIpc) is 2.68. The number of pyridine rings is 1. The topological polar surface area (TPSA) is 25.8 Å². The summed E-state index contributed by atoms with van der Waals surface area (Å²) in [4.78, 5) is 9.66. The molecule has 0 N–H and O–H groups in total. The Kier molecular flexibility index (Phi) is 2.41. The summed E-state index contributed by atoms with van der Waals surface area (Å²) in [6, 6.07) is 5.82. The summed E-state index contributed by atoms with van der Waals surface area (Å²) in [6.45, 7) is 5.86. The van der Waals surface area contributed by atoms with Crippen LogP contribution in [0.3, 0.4) is 0 Å². The van der Waals surface area contributed by atoms with E-state index in [0.29, 0.717) is 0 Å². The molecule has 2 nitrogen and oxygen atoms in total. The van der Waals surface area contributed by atoms with E-state index in [1.165, 1.54) is 0 Å². The summed E-state index contributed by atoms with van der Waals surface area (Å²) in [6.07, 6.45) is 3.62. The van der Waals surface area contributed by atoms with Crippen molar-refractivity contribution in [3.63, 3.8) is 0 Å². The lowest BCUT2D eigenvalue weighted by Gasteiger charge is -1.92. The van der Waals surface area contributed by atoms with Crippen LogP contribution in [0.4, 0.5) is 0 Å². The third-order valence-electron chi connectivity index (χ3n) is 1.81. The van der Waals surface area contributed by atoms with Crippen LogP contribution < -0.4 is 0 Å². The second kappa shape index (κ2) is 3.72. The van der Waals surface area contributed by atoms with Gasteiger partial charge < -0.3 is 0 Å². The van der Waals surface area contributed by atoms with Gasteiger partial charge in [-0.25, -0.2) is 4.98 Å². The maximum Gasteiger partial charge on any atom is 0.142 e. The summed E-state index contributed by atoms with van der Waals surface area (Å²) < 4.78 is 0. The Labute approximate surface area is 87.0 Å². The molecule has 0 saturated carbocycles. The third-order valence-corrected chi connectivity index (χ3v) is 2.99. The molecule has 0 atom stereocenters. The number of aromatic nitrogens is 2. The highest BCUT2D eigenvalue weighted by Gasteiger charge is 2.04. The van der Waals surface area contributed by atoms with E-state index in [-0.39, 0.29) is 0 Å². The Balaban J connectivity index is 2.39. The molecule has 0 amide bonds. The molecular weight excluding hydrogens is 192 g/mol. The molecule has 0 aliphatic carbocycles. The second-order valence-corrected chi connectivity index (χ2v) is 4.06. The highest BCUT2D eigenvalue weighted by Crippen LogP contribution is 2.26. The van der Waals surface area contributed by atoms with Gasteiger partial charge in [-0.3, -0.25) is 4.98 Å². The Bertz CT molecular complexity index is 445. The predicted octanol–water partition coefficient (Wildman–Crippen LogP) is 3.24. The van der Waals surface area contributed by atoms with Gasteiger partial charge >= 0.3 is 0 Å². The molecule has 2 aromatic heterocycles. The van der Waals surface area contributed by atoms with Crippen molar-refractivity contribution in [3.05, 3.63) is 42.0 Å². The van der Waals surface area contributed by atoms with Crippen molar-refractivity contribution in [2.75, 3.05) is 0 Å². The lowest BCUT2D eigenvalue weighted by atomic mass is 10.3. The maximum atomic E-state index is 4.30. The predicted molar refractivity (Wildman–Crippen MR) is 60.1 cm³/mol. The highest BCUT2D eigenvalue weighted by atomic mass is 32.1. The largest absolute Gasteiger partial charge is 0.254 e. The SMILES string of the molecule is C=C(C)c1cnc(-c2ccccn2)s1. The van der Waals surface area contributed by atoms with Crippen LogP contribution in [0.1, 0.15) is 11.8 Å². The maximum absolute atomic E-state index is 4.30. The third kappa shape index (κ3) is 1.72. The molecule has 2 aromatic rings. The van der Waals surface area contributed by atoms with Crippen LogP contribution in [-0.4, -0.2) is 9.97 Å². The van der Waals surface area contributed by atoms with Gasteiger partial charge in [0.25, 0.3) is 0 Å². The van der Waals surface area contributed by atoms with Crippen LogP contribution in [0, 0.1) is 0 Å². The van der Waals surface area contributed by atoms with Gasteiger partial charge in [0, 0.05) is 17.3 Å². The summed E-state index contributed by atoms with van der Waals surface area (Å²) in [5.41, 5.74) is 1.97. The van der Waals surface area contributed by atoms with Crippen molar-refractivity contribution >= 4 is 16.9 Å². The Morgan fingerprint density at radius 1 is 1.36 bits per heavy atom. The first-order valence-corrected chi connectivity index (χ1v) is 5.12. The van der Waals surface area contributed by atoms with Crippen LogP contribution in [0.5, 0.6) is 0 Å². The van der Waals surface area contributed by atoms with Gasteiger partial charge in [0.2, 0.25) is 0 Å². The van der Waals surface area contributed by atoms with Gasteiger partial charge in [-0.15, -0.1) is 11.3 Å². The van der Waals surface area contributed by atoms with Crippen molar-refractivity contribution in [2.45, 2.75) is 6.92 Å². The zero-order valence-corrected chi connectivity index (χ0v) is 8.71. The molecule has 2 heterocycles. The van der Waals surface area contributed by atoms with Crippen LogP contribution >= 0.6 is 11.3 Å². The van der Waals surface area contributed by atoms with Gasteiger partial charge in [-0.1, -0.05) is 12.6 Å². The zero-order chi connectivity index (χ0) is 9.97. The van der Waals surface area contributed by atoms with Crippen LogP contribution in [0.25, 0.3) is 16.3 Å². The second-order valence-electron chi connectivity index (χ2n) is 3.02. The average molecular weight is 202 g/mol. The monoisotopic (exact) mass is 202 g/mol. The molecule has 0 fully saturated rings. The minimum atomic E-state index is 0.921. The van der Waals surface area contributed by atoms with Crippen LogP contribution in [0.2, 0.25) is 0 Å². The Morgan fingerprint density at radius 3 is 2.79 bits per heavy atom. The molecule has 14 heavy (non-hydrogen) atoms. The molecule has 0 unspecified atom stereocenters. The lowest BCUT2D eigenvalue weighted by Crippen LogP contribution is -1.78. The highest BCUT2D eigenvalue weighted by molar-refractivity contribution is 7.16. The first-order chi connectivity index (χ1) is 6.77. The minimum Gasteiger partial charge on any atom is -0.254 e. The molecule has 0 aliphatic heterocycles. The molecule has 0 saturated heterocycles. The van der Waals surface area contributed by atoms with Crippen molar-refractivity contribution in [2.24, 2.45) is 0 Å². The van der Waals surface area contributed by atoms with Gasteiger partial charge in [0.05, 0.1) is 5.69 Å². The van der Waals surface area contributed by atoms with Gasteiger partial charge in [-0.05, 0) is 24.6 Å². The molecular formula is C11H10N2S. The Morgan fingerprint density at radius 2 is 2.21 bits per heavy atom. The van der Waals surface area contributed by atoms with E-state index in [1.54, 1.807) is 17.5 Å². The van der Waals surface area contributed by atoms with Crippen molar-refractivity contribution in [3.8, 4) is 10.7 Å². The fourth-order valence-corrected chi connectivity index (χ4v) is 1.90. The van der Waals surface area contributed by atoms with Crippen molar-refractivity contribution in [1.82, 2.24) is 9.97 Å². The van der Waals surface area contributed by atoms with E-state index in [2.05, 4.69) is 16.5 Å².